The Kier molecular flexibility index (Phi) is 5.16. The van der Waals surface area contributed by atoms with Crippen LogP contribution < -0.4 is 27.6 Å². The fraction of sp³-hybridized carbons (Fsp3) is 0.545. The van der Waals surface area contributed by atoms with E-state index in [0.717, 1.165) is 0 Å². The van der Waals surface area contributed by atoms with E-state index in [0.29, 0.717) is 19.5 Å². The van der Waals surface area contributed by atoms with Gasteiger partial charge in [0.2, 0.25) is 5.91 Å². The number of H-pyrrole nitrogens is 1. The van der Waals surface area contributed by atoms with E-state index in [1.54, 1.807) is 6.92 Å². The number of nitrogens with zero attached hydrogens (tertiary/aromatic N) is 1. The first-order valence-corrected chi connectivity index (χ1v) is 6.14. The standard InChI is InChI=1S/C11H19N5O3/c1-3-5-16-9(12)8(10(18)15-11(16)19)14-6-7(17)13-4-2/h14H,3-6,12H2,1-2H3,(H,13,17)(H,15,18,19). The topological polar surface area (TPSA) is 122 Å². The van der Waals surface area contributed by atoms with Crippen LogP contribution in [-0.2, 0) is 11.3 Å². The largest absolute Gasteiger partial charge is 0.383 e. The van der Waals surface area contributed by atoms with Crippen molar-refractivity contribution in [3.05, 3.63) is 20.8 Å². The van der Waals surface area contributed by atoms with Crippen LogP contribution in [0.1, 0.15) is 20.3 Å². The number of amides is 1. The number of carbonyl (C=O) groups is 1. The summed E-state index contributed by atoms with van der Waals surface area (Å²) >= 11 is 0. The summed E-state index contributed by atoms with van der Waals surface area (Å²) in [5.41, 5.74) is 4.65. The predicted molar refractivity (Wildman–Crippen MR) is 73.2 cm³/mol. The third-order valence-corrected chi connectivity index (χ3v) is 2.49. The molecule has 0 atom stereocenters. The van der Waals surface area contributed by atoms with Gasteiger partial charge in [-0.3, -0.25) is 19.1 Å². The third-order valence-electron chi connectivity index (χ3n) is 2.49. The molecule has 0 aliphatic heterocycles. The fourth-order valence-corrected chi connectivity index (χ4v) is 1.63. The average molecular weight is 269 g/mol. The van der Waals surface area contributed by atoms with Crippen LogP contribution in [0.4, 0.5) is 11.5 Å². The molecule has 19 heavy (non-hydrogen) atoms. The number of carbonyl (C=O) groups excluding carboxylic acids is 1. The maximum absolute atomic E-state index is 11.6. The Balaban J connectivity index is 3.01. The minimum Gasteiger partial charge on any atom is -0.383 e. The van der Waals surface area contributed by atoms with Crippen molar-refractivity contribution in [1.82, 2.24) is 14.9 Å². The molecule has 0 radical (unpaired) electrons. The lowest BCUT2D eigenvalue weighted by molar-refractivity contribution is -0.119. The Hall–Kier alpha value is -2.25. The first-order valence-electron chi connectivity index (χ1n) is 6.14. The van der Waals surface area contributed by atoms with Gasteiger partial charge in [0.1, 0.15) is 11.5 Å². The molecule has 0 spiro atoms. The molecule has 0 saturated heterocycles. The van der Waals surface area contributed by atoms with E-state index in [9.17, 15) is 14.4 Å². The summed E-state index contributed by atoms with van der Waals surface area (Å²) in [7, 11) is 0. The molecule has 1 amide bonds. The number of nitrogens with one attached hydrogen (secondary N) is 3. The van der Waals surface area contributed by atoms with Gasteiger partial charge >= 0.3 is 5.69 Å². The number of likely N-dealkylation sites (N-methyl/N-ethyl adjacent to an activating group) is 1. The molecule has 106 valence electrons. The molecule has 1 rings (SSSR count). The zero-order chi connectivity index (χ0) is 14.4. The van der Waals surface area contributed by atoms with Crippen LogP contribution in [0.25, 0.3) is 0 Å². The van der Waals surface area contributed by atoms with Crippen molar-refractivity contribution in [1.29, 1.82) is 0 Å². The van der Waals surface area contributed by atoms with Gasteiger partial charge in [-0.25, -0.2) is 4.79 Å². The quantitative estimate of drug-likeness (QED) is 0.532. The molecule has 0 unspecified atom stereocenters. The molecule has 1 heterocycles. The molecule has 0 aliphatic carbocycles. The summed E-state index contributed by atoms with van der Waals surface area (Å²) in [6.07, 6.45) is 0.700. The van der Waals surface area contributed by atoms with E-state index in [-0.39, 0.29) is 24.0 Å². The second kappa shape index (κ2) is 6.62. The molecule has 0 saturated carbocycles. The number of aromatic amines is 1. The highest BCUT2D eigenvalue weighted by Gasteiger charge is 2.12. The molecule has 0 bridgehead atoms. The van der Waals surface area contributed by atoms with E-state index in [4.69, 9.17) is 5.73 Å². The van der Waals surface area contributed by atoms with Crippen molar-refractivity contribution in [2.24, 2.45) is 0 Å². The van der Waals surface area contributed by atoms with Crippen molar-refractivity contribution in [3.63, 3.8) is 0 Å². The molecule has 1 aromatic rings. The van der Waals surface area contributed by atoms with Crippen LogP contribution in [0.5, 0.6) is 0 Å². The van der Waals surface area contributed by atoms with Crippen molar-refractivity contribution >= 4 is 17.4 Å². The number of hydrogen-bond acceptors (Lipinski definition) is 5. The first kappa shape index (κ1) is 14.8. The molecule has 0 aliphatic rings. The smallest absolute Gasteiger partial charge is 0.330 e. The monoisotopic (exact) mass is 269 g/mol. The lowest BCUT2D eigenvalue weighted by Gasteiger charge is -2.12. The van der Waals surface area contributed by atoms with Gasteiger partial charge in [-0.1, -0.05) is 6.92 Å². The molecule has 0 fully saturated rings. The van der Waals surface area contributed by atoms with Crippen LogP contribution in [0.15, 0.2) is 9.59 Å². The fourth-order valence-electron chi connectivity index (χ4n) is 1.63. The highest BCUT2D eigenvalue weighted by Crippen LogP contribution is 2.09. The minimum absolute atomic E-state index is 0.0410. The Labute approximate surface area is 110 Å². The van der Waals surface area contributed by atoms with Gasteiger partial charge in [-0.2, -0.15) is 0 Å². The van der Waals surface area contributed by atoms with Gasteiger partial charge < -0.3 is 16.4 Å². The number of hydrogen-bond donors (Lipinski definition) is 4. The van der Waals surface area contributed by atoms with Crippen molar-refractivity contribution in [2.75, 3.05) is 24.1 Å². The van der Waals surface area contributed by atoms with Crippen LogP contribution >= 0.6 is 0 Å². The second-order valence-electron chi connectivity index (χ2n) is 3.98. The maximum atomic E-state index is 11.6. The van der Waals surface area contributed by atoms with Crippen molar-refractivity contribution in [3.8, 4) is 0 Å². The lowest BCUT2D eigenvalue weighted by Crippen LogP contribution is -2.36. The maximum Gasteiger partial charge on any atom is 0.330 e. The van der Waals surface area contributed by atoms with E-state index < -0.39 is 11.2 Å². The van der Waals surface area contributed by atoms with Crippen LogP contribution in [0.2, 0.25) is 0 Å². The summed E-state index contributed by atoms with van der Waals surface area (Å²) in [5, 5.41) is 5.23. The second-order valence-corrected chi connectivity index (χ2v) is 3.98. The summed E-state index contributed by atoms with van der Waals surface area (Å²) in [5.74, 6) is -0.213. The zero-order valence-corrected chi connectivity index (χ0v) is 11.1. The summed E-state index contributed by atoms with van der Waals surface area (Å²) in [4.78, 5) is 36.7. The van der Waals surface area contributed by atoms with Crippen LogP contribution in [0.3, 0.4) is 0 Å². The summed E-state index contributed by atoms with van der Waals surface area (Å²) in [6.45, 7) is 4.50. The first-order chi connectivity index (χ1) is 9.01. The Morgan fingerprint density at radius 2 is 2.05 bits per heavy atom. The Morgan fingerprint density at radius 3 is 2.63 bits per heavy atom. The van der Waals surface area contributed by atoms with Gasteiger partial charge in [0.05, 0.1) is 6.54 Å². The lowest BCUT2D eigenvalue weighted by atomic mass is 10.4. The summed E-state index contributed by atoms with van der Waals surface area (Å²) < 4.78 is 1.27. The molecule has 8 heteroatoms. The zero-order valence-electron chi connectivity index (χ0n) is 11.1. The molecule has 5 N–H and O–H groups in total. The van der Waals surface area contributed by atoms with E-state index in [2.05, 4.69) is 15.6 Å². The summed E-state index contributed by atoms with van der Waals surface area (Å²) in [6, 6.07) is 0. The molecule has 8 nitrogen and oxygen atoms in total. The SMILES string of the molecule is CCCn1c(N)c(NCC(=O)NCC)c(=O)[nH]c1=O. The van der Waals surface area contributed by atoms with Gasteiger partial charge in [-0.15, -0.1) is 0 Å². The normalized spacial score (nSPS) is 10.2. The third kappa shape index (κ3) is 3.60. The van der Waals surface area contributed by atoms with Crippen molar-refractivity contribution in [2.45, 2.75) is 26.8 Å². The molecular weight excluding hydrogens is 250 g/mol. The molecule has 0 aromatic carbocycles. The van der Waals surface area contributed by atoms with Gasteiger partial charge in [0.25, 0.3) is 5.56 Å². The van der Waals surface area contributed by atoms with Gasteiger partial charge in [0.15, 0.2) is 0 Å². The van der Waals surface area contributed by atoms with E-state index >= 15 is 0 Å². The van der Waals surface area contributed by atoms with Gasteiger partial charge in [0, 0.05) is 13.1 Å². The Bertz CT molecular complexity index is 560. The average Bonchev–Trinajstić information content (AvgIpc) is 2.34. The molecular formula is C11H19N5O3. The van der Waals surface area contributed by atoms with Gasteiger partial charge in [-0.05, 0) is 13.3 Å². The number of nitrogen functional groups attached to an aromatic ring is 1. The Morgan fingerprint density at radius 1 is 1.37 bits per heavy atom. The van der Waals surface area contributed by atoms with Crippen molar-refractivity contribution < 1.29 is 4.79 Å². The highest BCUT2D eigenvalue weighted by molar-refractivity contribution is 5.81. The number of aromatic nitrogens is 2. The number of nitrogens with two attached hydrogens (primary N) is 1. The van der Waals surface area contributed by atoms with Crippen LogP contribution in [0, 0.1) is 0 Å². The predicted octanol–water partition coefficient (Wildman–Crippen LogP) is -0.923. The number of anilines is 2. The minimum atomic E-state index is -0.626. The van der Waals surface area contributed by atoms with E-state index in [1.165, 1.54) is 4.57 Å². The highest BCUT2D eigenvalue weighted by atomic mass is 16.2. The van der Waals surface area contributed by atoms with Crippen LogP contribution in [-0.4, -0.2) is 28.5 Å². The molecule has 1 aromatic heterocycles. The van der Waals surface area contributed by atoms with E-state index in [1.807, 2.05) is 6.92 Å². The number of rotatable bonds is 6.